The number of hydrogen-bond acceptors (Lipinski definition) is 6. The third-order valence-electron chi connectivity index (χ3n) is 2.83. The van der Waals surface area contributed by atoms with Crippen molar-refractivity contribution in [3.05, 3.63) is 29.8 Å². The number of nitrogens with one attached hydrogen (secondary N) is 1. The molecule has 0 bridgehead atoms. The van der Waals surface area contributed by atoms with E-state index in [2.05, 4.69) is 20.4 Å². The van der Waals surface area contributed by atoms with Gasteiger partial charge in [0, 0.05) is 25.2 Å². The predicted molar refractivity (Wildman–Crippen MR) is 78.7 cm³/mol. The average molecular weight is 289 g/mol. The van der Waals surface area contributed by atoms with Crippen LogP contribution in [0.2, 0.25) is 0 Å². The highest BCUT2D eigenvalue weighted by molar-refractivity contribution is 5.88. The first kappa shape index (κ1) is 15.0. The zero-order valence-corrected chi connectivity index (χ0v) is 12.6. The molecule has 0 radical (unpaired) electrons. The van der Waals surface area contributed by atoms with Crippen LogP contribution >= 0.6 is 0 Å². The number of anilines is 1. The molecule has 7 heteroatoms. The van der Waals surface area contributed by atoms with Gasteiger partial charge in [0.05, 0.1) is 18.4 Å². The van der Waals surface area contributed by atoms with Crippen LogP contribution in [0, 0.1) is 0 Å². The molecule has 1 N–H and O–H groups in total. The number of carbonyl (C=O) groups is 1. The van der Waals surface area contributed by atoms with Crippen LogP contribution in [0.25, 0.3) is 5.82 Å². The summed E-state index contributed by atoms with van der Waals surface area (Å²) in [5.74, 6) is 1.82. The van der Waals surface area contributed by atoms with E-state index in [4.69, 9.17) is 4.74 Å². The van der Waals surface area contributed by atoms with E-state index in [0.29, 0.717) is 29.6 Å². The van der Waals surface area contributed by atoms with Gasteiger partial charge >= 0.3 is 5.97 Å². The van der Waals surface area contributed by atoms with Gasteiger partial charge in [0.1, 0.15) is 11.6 Å². The molecular weight excluding hydrogens is 270 g/mol. The van der Waals surface area contributed by atoms with E-state index in [1.807, 2.05) is 13.8 Å². The van der Waals surface area contributed by atoms with E-state index in [0.717, 1.165) is 0 Å². The Morgan fingerprint density at radius 1 is 1.43 bits per heavy atom. The summed E-state index contributed by atoms with van der Waals surface area (Å²) >= 11 is 0. The molecule has 0 unspecified atom stereocenters. The number of rotatable bonds is 5. The fraction of sp³-hybridized carbons (Fsp3) is 0.429. The molecule has 7 nitrogen and oxygen atoms in total. The van der Waals surface area contributed by atoms with Gasteiger partial charge in [-0.3, -0.25) is 0 Å². The monoisotopic (exact) mass is 289 g/mol. The summed E-state index contributed by atoms with van der Waals surface area (Å²) in [7, 11) is 1.79. The topological polar surface area (TPSA) is 81.9 Å². The van der Waals surface area contributed by atoms with E-state index in [9.17, 15) is 4.79 Å². The third-order valence-corrected chi connectivity index (χ3v) is 2.83. The van der Waals surface area contributed by atoms with Crippen LogP contribution in [0.1, 0.15) is 42.9 Å². The molecule has 0 amide bonds. The van der Waals surface area contributed by atoms with E-state index in [1.165, 1.54) is 6.20 Å². The summed E-state index contributed by atoms with van der Waals surface area (Å²) in [6.45, 7) is 6.14. The van der Waals surface area contributed by atoms with E-state index in [1.54, 1.807) is 30.9 Å². The van der Waals surface area contributed by atoms with E-state index < -0.39 is 5.97 Å². The van der Waals surface area contributed by atoms with Crippen molar-refractivity contribution in [2.45, 2.75) is 26.7 Å². The lowest BCUT2D eigenvalue weighted by molar-refractivity contribution is 0.0526. The van der Waals surface area contributed by atoms with Crippen LogP contribution in [-0.4, -0.2) is 39.4 Å². The Morgan fingerprint density at radius 3 is 2.81 bits per heavy atom. The molecule has 0 aliphatic heterocycles. The Kier molecular flexibility index (Phi) is 4.52. The lowest BCUT2D eigenvalue weighted by Crippen LogP contribution is -2.07. The van der Waals surface area contributed by atoms with Gasteiger partial charge in [-0.1, -0.05) is 13.8 Å². The molecule has 0 saturated heterocycles. The second-order valence-electron chi connectivity index (χ2n) is 4.77. The van der Waals surface area contributed by atoms with Gasteiger partial charge in [0.25, 0.3) is 0 Å². The van der Waals surface area contributed by atoms with Crippen molar-refractivity contribution in [2.24, 2.45) is 0 Å². The smallest absolute Gasteiger partial charge is 0.341 e. The van der Waals surface area contributed by atoms with Gasteiger partial charge in [-0.25, -0.2) is 19.4 Å². The van der Waals surface area contributed by atoms with Crippen LogP contribution < -0.4 is 5.32 Å². The van der Waals surface area contributed by atoms with Gasteiger partial charge in [-0.15, -0.1) is 0 Å². The maximum atomic E-state index is 11.7. The lowest BCUT2D eigenvalue weighted by Gasteiger charge is -2.09. The number of hydrogen-bond donors (Lipinski definition) is 1. The predicted octanol–water partition coefficient (Wildman–Crippen LogP) is 2.00. The molecule has 2 heterocycles. The summed E-state index contributed by atoms with van der Waals surface area (Å²) in [5.41, 5.74) is 0.396. The summed E-state index contributed by atoms with van der Waals surface area (Å²) in [6, 6.07) is 1.77. The van der Waals surface area contributed by atoms with Crippen molar-refractivity contribution in [1.82, 2.24) is 19.7 Å². The molecule has 2 aromatic heterocycles. The third kappa shape index (κ3) is 3.36. The number of nitrogens with zero attached hydrogens (tertiary/aromatic N) is 4. The number of ether oxygens (including phenoxy) is 1. The maximum absolute atomic E-state index is 11.7. The fourth-order valence-corrected chi connectivity index (χ4v) is 1.72. The van der Waals surface area contributed by atoms with Crippen molar-refractivity contribution in [3.63, 3.8) is 0 Å². The standard InChI is InChI=1S/C14H19N5O2/c1-5-21-14(20)10-7-16-19(8-10)12-6-11(15-4)17-13(18-12)9(2)3/h6-9H,5H2,1-4H3,(H,15,17,18). The average Bonchev–Trinajstić information content (AvgIpc) is 2.97. The summed E-state index contributed by atoms with van der Waals surface area (Å²) in [4.78, 5) is 20.5. The maximum Gasteiger partial charge on any atom is 0.341 e. The highest BCUT2D eigenvalue weighted by Crippen LogP contribution is 2.16. The summed E-state index contributed by atoms with van der Waals surface area (Å²) < 4.78 is 6.49. The Balaban J connectivity index is 2.37. The molecule has 112 valence electrons. The van der Waals surface area contributed by atoms with Crippen LogP contribution in [-0.2, 0) is 4.74 Å². The van der Waals surface area contributed by atoms with Crippen LogP contribution in [0.5, 0.6) is 0 Å². The Labute approximate surface area is 123 Å². The van der Waals surface area contributed by atoms with Crippen molar-refractivity contribution in [3.8, 4) is 5.82 Å². The fourth-order valence-electron chi connectivity index (χ4n) is 1.72. The second kappa shape index (κ2) is 6.34. The van der Waals surface area contributed by atoms with Gasteiger partial charge in [-0.2, -0.15) is 5.10 Å². The molecular formula is C14H19N5O2. The van der Waals surface area contributed by atoms with Crippen molar-refractivity contribution >= 4 is 11.8 Å². The Hall–Kier alpha value is -2.44. The van der Waals surface area contributed by atoms with Crippen molar-refractivity contribution in [1.29, 1.82) is 0 Å². The molecule has 0 spiro atoms. The minimum Gasteiger partial charge on any atom is -0.462 e. The second-order valence-corrected chi connectivity index (χ2v) is 4.77. The molecule has 2 aromatic rings. The highest BCUT2D eigenvalue weighted by Gasteiger charge is 2.13. The van der Waals surface area contributed by atoms with Crippen LogP contribution in [0.3, 0.4) is 0 Å². The molecule has 0 fully saturated rings. The quantitative estimate of drug-likeness (QED) is 0.848. The SMILES string of the molecule is CCOC(=O)c1cnn(-c2cc(NC)nc(C(C)C)n2)c1. The molecule has 2 rings (SSSR count). The van der Waals surface area contributed by atoms with Crippen LogP contribution in [0.15, 0.2) is 18.5 Å². The minimum absolute atomic E-state index is 0.192. The van der Waals surface area contributed by atoms with E-state index in [-0.39, 0.29) is 5.92 Å². The highest BCUT2D eigenvalue weighted by atomic mass is 16.5. The van der Waals surface area contributed by atoms with E-state index >= 15 is 0 Å². The van der Waals surface area contributed by atoms with Crippen molar-refractivity contribution in [2.75, 3.05) is 19.0 Å². The zero-order chi connectivity index (χ0) is 15.4. The normalized spacial score (nSPS) is 10.7. The van der Waals surface area contributed by atoms with Crippen LogP contribution in [0.4, 0.5) is 5.82 Å². The molecule has 0 atom stereocenters. The molecule has 0 aliphatic carbocycles. The van der Waals surface area contributed by atoms with Gasteiger partial charge in [-0.05, 0) is 6.92 Å². The first-order valence-corrected chi connectivity index (χ1v) is 6.84. The first-order chi connectivity index (χ1) is 10.0. The number of aromatic nitrogens is 4. The summed E-state index contributed by atoms with van der Waals surface area (Å²) in [5, 5.41) is 7.16. The number of carbonyl (C=O) groups excluding carboxylic acids is 1. The lowest BCUT2D eigenvalue weighted by atomic mass is 10.2. The minimum atomic E-state index is -0.393. The summed E-state index contributed by atoms with van der Waals surface area (Å²) in [6.07, 6.45) is 3.07. The zero-order valence-electron chi connectivity index (χ0n) is 12.6. The molecule has 21 heavy (non-hydrogen) atoms. The molecule has 0 aromatic carbocycles. The largest absolute Gasteiger partial charge is 0.462 e. The van der Waals surface area contributed by atoms with Gasteiger partial charge in [0.15, 0.2) is 5.82 Å². The Bertz CT molecular complexity index is 636. The van der Waals surface area contributed by atoms with Gasteiger partial charge in [0.2, 0.25) is 0 Å². The van der Waals surface area contributed by atoms with Crippen molar-refractivity contribution < 1.29 is 9.53 Å². The van der Waals surface area contributed by atoms with Gasteiger partial charge < -0.3 is 10.1 Å². The molecule has 0 saturated carbocycles. The number of esters is 1. The Morgan fingerprint density at radius 2 is 2.19 bits per heavy atom. The molecule has 0 aliphatic rings. The first-order valence-electron chi connectivity index (χ1n) is 6.84.